The lowest BCUT2D eigenvalue weighted by molar-refractivity contribution is 0.0626. The van der Waals surface area contributed by atoms with E-state index in [2.05, 4.69) is 48.2 Å². The Bertz CT molecular complexity index is 1260. The summed E-state index contributed by atoms with van der Waals surface area (Å²) in [6.45, 7) is 8.19. The molecule has 2 aromatic carbocycles. The number of aromatic nitrogens is 3. The van der Waals surface area contributed by atoms with E-state index in [1.54, 1.807) is 6.20 Å². The zero-order valence-electron chi connectivity index (χ0n) is 19.2. The van der Waals surface area contributed by atoms with Crippen molar-refractivity contribution >= 4 is 11.6 Å². The van der Waals surface area contributed by atoms with Crippen molar-refractivity contribution in [2.24, 2.45) is 0 Å². The van der Waals surface area contributed by atoms with E-state index in [9.17, 15) is 4.79 Å². The van der Waals surface area contributed by atoms with Crippen LogP contribution >= 0.6 is 0 Å². The molecule has 168 valence electrons. The summed E-state index contributed by atoms with van der Waals surface area (Å²) in [7, 11) is 0. The molecule has 2 aromatic heterocycles. The minimum absolute atomic E-state index is 0.0509. The fraction of sp³-hybridized carbons (Fsp3) is 0.296. The molecule has 0 atom stereocenters. The molecule has 1 aliphatic rings. The van der Waals surface area contributed by atoms with Gasteiger partial charge in [-0.25, -0.2) is 9.50 Å². The quantitative estimate of drug-likeness (QED) is 0.467. The van der Waals surface area contributed by atoms with Gasteiger partial charge in [0.1, 0.15) is 0 Å². The van der Waals surface area contributed by atoms with Gasteiger partial charge in [0.05, 0.1) is 17.0 Å². The second kappa shape index (κ2) is 9.16. The topological polar surface area (TPSA) is 53.7 Å². The largest absolute Gasteiger partial charge is 0.336 e. The highest BCUT2D eigenvalue weighted by atomic mass is 16.2. The van der Waals surface area contributed by atoms with Crippen LogP contribution in [0.5, 0.6) is 0 Å². The van der Waals surface area contributed by atoms with Gasteiger partial charge in [0.2, 0.25) is 0 Å². The van der Waals surface area contributed by atoms with E-state index in [1.165, 1.54) is 5.56 Å². The Morgan fingerprint density at radius 1 is 0.939 bits per heavy atom. The van der Waals surface area contributed by atoms with Crippen molar-refractivity contribution in [1.29, 1.82) is 0 Å². The van der Waals surface area contributed by atoms with Crippen molar-refractivity contribution in [3.05, 3.63) is 89.4 Å². The summed E-state index contributed by atoms with van der Waals surface area (Å²) in [5.41, 5.74) is 6.73. The molecule has 0 unspecified atom stereocenters. The monoisotopic (exact) mass is 439 g/mol. The number of carbonyl (C=O) groups is 1. The third-order valence-corrected chi connectivity index (χ3v) is 6.45. The summed E-state index contributed by atoms with van der Waals surface area (Å²) < 4.78 is 1.87. The molecule has 0 saturated carbocycles. The minimum Gasteiger partial charge on any atom is -0.336 e. The van der Waals surface area contributed by atoms with Gasteiger partial charge >= 0.3 is 0 Å². The van der Waals surface area contributed by atoms with Gasteiger partial charge in [0.25, 0.3) is 5.91 Å². The molecule has 33 heavy (non-hydrogen) atoms. The van der Waals surface area contributed by atoms with Gasteiger partial charge in [-0.2, -0.15) is 5.10 Å². The number of hydrogen-bond donors (Lipinski definition) is 0. The summed E-state index contributed by atoms with van der Waals surface area (Å²) in [5.74, 6) is 0.0509. The van der Waals surface area contributed by atoms with E-state index in [4.69, 9.17) is 10.1 Å². The van der Waals surface area contributed by atoms with Crippen molar-refractivity contribution < 1.29 is 4.79 Å². The summed E-state index contributed by atoms with van der Waals surface area (Å²) in [6.07, 6.45) is 2.46. The van der Waals surface area contributed by atoms with Crippen LogP contribution in [0, 0.1) is 6.92 Å². The molecule has 0 aliphatic carbocycles. The van der Waals surface area contributed by atoms with Gasteiger partial charge in [0.15, 0.2) is 5.65 Å². The lowest BCUT2D eigenvalue weighted by Gasteiger charge is -2.35. The first-order valence-electron chi connectivity index (χ1n) is 11.6. The van der Waals surface area contributed by atoms with Gasteiger partial charge < -0.3 is 4.90 Å². The van der Waals surface area contributed by atoms with Gasteiger partial charge in [-0.1, -0.05) is 67.6 Å². The van der Waals surface area contributed by atoms with Crippen LogP contribution in [0.15, 0.2) is 66.9 Å². The van der Waals surface area contributed by atoms with Gasteiger partial charge in [-0.3, -0.25) is 9.69 Å². The molecule has 5 rings (SSSR count). The molecule has 4 aromatic rings. The Morgan fingerprint density at radius 3 is 2.27 bits per heavy atom. The molecule has 1 fully saturated rings. The summed E-state index contributed by atoms with van der Waals surface area (Å²) in [5, 5.41) is 4.78. The highest BCUT2D eigenvalue weighted by Gasteiger charge is 2.26. The first-order valence-corrected chi connectivity index (χ1v) is 11.6. The number of fused-ring (bicyclic) bond motifs is 1. The molecule has 0 radical (unpaired) electrons. The van der Waals surface area contributed by atoms with Crippen molar-refractivity contribution in [2.75, 3.05) is 26.2 Å². The predicted molar refractivity (Wildman–Crippen MR) is 130 cm³/mol. The van der Waals surface area contributed by atoms with Crippen LogP contribution in [0.1, 0.15) is 34.2 Å². The normalized spacial score (nSPS) is 14.7. The Hall–Kier alpha value is -3.51. The maximum absolute atomic E-state index is 13.5. The third-order valence-electron chi connectivity index (χ3n) is 6.45. The molecule has 1 amide bonds. The lowest BCUT2D eigenvalue weighted by Crippen LogP contribution is -2.48. The number of rotatable bonds is 5. The van der Waals surface area contributed by atoms with Crippen LogP contribution in [0.4, 0.5) is 0 Å². The summed E-state index contributed by atoms with van der Waals surface area (Å²) >= 11 is 0. The summed E-state index contributed by atoms with van der Waals surface area (Å²) in [6, 6.07) is 20.7. The zero-order chi connectivity index (χ0) is 22.8. The first kappa shape index (κ1) is 21.3. The SMILES string of the molecule is CCc1c(C(=O)N2CCN(Cc3ccccc3)CC2)cnc2c(-c3ccccc3)c(C)nn12. The van der Waals surface area contributed by atoms with E-state index >= 15 is 0 Å². The smallest absolute Gasteiger partial charge is 0.257 e. The van der Waals surface area contributed by atoms with E-state index in [-0.39, 0.29) is 5.91 Å². The number of aryl methyl sites for hydroxylation is 2. The molecule has 1 aliphatic heterocycles. The van der Waals surface area contributed by atoms with Crippen LogP contribution in [-0.2, 0) is 13.0 Å². The van der Waals surface area contributed by atoms with Crippen molar-refractivity contribution in [3.8, 4) is 11.1 Å². The third kappa shape index (κ3) is 4.14. The van der Waals surface area contributed by atoms with Crippen molar-refractivity contribution in [2.45, 2.75) is 26.8 Å². The Morgan fingerprint density at radius 2 is 1.61 bits per heavy atom. The Balaban J connectivity index is 1.38. The maximum Gasteiger partial charge on any atom is 0.257 e. The van der Waals surface area contributed by atoms with Crippen molar-refractivity contribution in [1.82, 2.24) is 24.4 Å². The number of piperazine rings is 1. The number of amides is 1. The standard InChI is InChI=1S/C27H29N5O/c1-3-24-23(18-28-26-25(20(2)29-32(24)26)22-12-8-5-9-13-22)27(33)31-16-14-30(15-17-31)19-21-10-6-4-7-11-21/h4-13,18H,3,14-17,19H2,1-2H3. The highest BCUT2D eigenvalue weighted by Crippen LogP contribution is 2.28. The predicted octanol–water partition coefficient (Wildman–Crippen LogP) is 4.23. The molecule has 1 saturated heterocycles. The second-order valence-corrected chi connectivity index (χ2v) is 8.59. The minimum atomic E-state index is 0.0509. The number of nitrogens with zero attached hydrogens (tertiary/aromatic N) is 5. The first-order chi connectivity index (χ1) is 16.2. The van der Waals surface area contributed by atoms with Crippen molar-refractivity contribution in [3.63, 3.8) is 0 Å². The van der Waals surface area contributed by atoms with Crippen LogP contribution in [-0.4, -0.2) is 56.5 Å². The van der Waals surface area contributed by atoms with Crippen LogP contribution in [0.3, 0.4) is 0 Å². The highest BCUT2D eigenvalue weighted by molar-refractivity contribution is 5.96. The molecule has 0 N–H and O–H groups in total. The van der Waals surface area contributed by atoms with E-state index in [0.717, 1.165) is 60.9 Å². The van der Waals surface area contributed by atoms with E-state index < -0.39 is 0 Å². The van der Waals surface area contributed by atoms with E-state index in [1.807, 2.05) is 40.6 Å². The van der Waals surface area contributed by atoms with Crippen LogP contribution in [0.25, 0.3) is 16.8 Å². The van der Waals surface area contributed by atoms with Gasteiger partial charge in [0, 0.05) is 44.5 Å². The molecule has 6 heteroatoms. The Kier molecular flexibility index (Phi) is 5.92. The average molecular weight is 440 g/mol. The number of carbonyl (C=O) groups excluding carboxylic acids is 1. The number of benzene rings is 2. The second-order valence-electron chi connectivity index (χ2n) is 8.59. The van der Waals surface area contributed by atoms with Crippen LogP contribution in [0.2, 0.25) is 0 Å². The molecule has 6 nitrogen and oxygen atoms in total. The van der Waals surface area contributed by atoms with Gasteiger partial charge in [-0.05, 0) is 24.5 Å². The van der Waals surface area contributed by atoms with Crippen LogP contribution < -0.4 is 0 Å². The molecule has 0 spiro atoms. The zero-order valence-corrected chi connectivity index (χ0v) is 19.2. The number of hydrogen-bond acceptors (Lipinski definition) is 4. The maximum atomic E-state index is 13.5. The molecular formula is C27H29N5O. The van der Waals surface area contributed by atoms with E-state index in [0.29, 0.717) is 12.0 Å². The fourth-order valence-electron chi connectivity index (χ4n) is 4.72. The average Bonchev–Trinajstić information content (AvgIpc) is 3.20. The molecule has 0 bridgehead atoms. The molecule has 3 heterocycles. The Labute approximate surface area is 194 Å². The lowest BCUT2D eigenvalue weighted by atomic mass is 10.1. The fourth-order valence-corrected chi connectivity index (χ4v) is 4.72. The summed E-state index contributed by atoms with van der Waals surface area (Å²) in [4.78, 5) is 22.6. The molecular weight excluding hydrogens is 410 g/mol. The van der Waals surface area contributed by atoms with Gasteiger partial charge in [-0.15, -0.1) is 0 Å².